The molecule has 1 saturated heterocycles. The van der Waals surface area contributed by atoms with Crippen LogP contribution in [0.4, 0.5) is 0 Å². The number of aromatic nitrogens is 3. The average Bonchev–Trinajstić information content (AvgIpc) is 3.44. The van der Waals surface area contributed by atoms with Crippen LogP contribution in [0.25, 0.3) is 5.69 Å². The van der Waals surface area contributed by atoms with Crippen molar-refractivity contribution in [1.82, 2.24) is 25.2 Å². The topological polar surface area (TPSA) is 63.1 Å². The van der Waals surface area contributed by atoms with E-state index in [1.165, 1.54) is 17.7 Å². The number of likely N-dealkylation sites (tertiary alicyclic amines) is 1. The molecule has 3 heterocycles. The van der Waals surface area contributed by atoms with E-state index in [2.05, 4.69) is 38.0 Å². The molecular formula is C19H21N5OS. The number of nitrogens with zero attached hydrogens (tertiary/aromatic N) is 4. The minimum absolute atomic E-state index is 0.187. The monoisotopic (exact) mass is 367 g/mol. The Bertz CT molecular complexity index is 840. The van der Waals surface area contributed by atoms with Crippen molar-refractivity contribution >= 4 is 17.2 Å². The summed E-state index contributed by atoms with van der Waals surface area (Å²) in [7, 11) is 0. The van der Waals surface area contributed by atoms with Crippen LogP contribution in [0.15, 0.2) is 54.0 Å². The number of para-hydroxylation sites is 1. The maximum atomic E-state index is 12.5. The highest BCUT2D eigenvalue weighted by Crippen LogP contribution is 2.27. The predicted molar refractivity (Wildman–Crippen MR) is 102 cm³/mol. The standard InChI is InChI=1S/C19H21N5OS/c25-19(16-14-24(22-21-16)15-7-2-1-3-8-15)20-13-17(18-9-6-12-26-18)23-10-4-5-11-23/h1-3,6-9,12,14,17H,4-5,10-11,13H2,(H,20,25). The number of benzene rings is 1. The van der Waals surface area contributed by atoms with E-state index in [4.69, 9.17) is 0 Å². The third-order valence-electron chi connectivity index (χ3n) is 4.66. The molecule has 1 aliphatic heterocycles. The molecule has 1 fully saturated rings. The van der Waals surface area contributed by atoms with Crippen molar-refractivity contribution in [2.24, 2.45) is 0 Å². The van der Waals surface area contributed by atoms with Crippen molar-refractivity contribution in [2.75, 3.05) is 19.6 Å². The maximum absolute atomic E-state index is 12.5. The van der Waals surface area contributed by atoms with Gasteiger partial charge in [-0.2, -0.15) is 0 Å². The lowest BCUT2D eigenvalue weighted by Crippen LogP contribution is -2.36. The van der Waals surface area contributed by atoms with Crippen LogP contribution in [-0.2, 0) is 0 Å². The molecule has 1 atom stereocenters. The lowest BCUT2D eigenvalue weighted by Gasteiger charge is -2.26. The first-order valence-electron chi connectivity index (χ1n) is 8.85. The van der Waals surface area contributed by atoms with Gasteiger partial charge in [0.15, 0.2) is 5.69 Å². The van der Waals surface area contributed by atoms with Crippen LogP contribution >= 0.6 is 11.3 Å². The molecule has 0 spiro atoms. The van der Waals surface area contributed by atoms with Crippen LogP contribution in [0.5, 0.6) is 0 Å². The van der Waals surface area contributed by atoms with E-state index in [-0.39, 0.29) is 11.9 Å². The van der Waals surface area contributed by atoms with E-state index in [9.17, 15) is 4.79 Å². The maximum Gasteiger partial charge on any atom is 0.273 e. The van der Waals surface area contributed by atoms with Crippen molar-refractivity contribution in [3.8, 4) is 5.69 Å². The molecule has 1 aliphatic rings. The number of hydrogen-bond donors (Lipinski definition) is 1. The van der Waals surface area contributed by atoms with Gasteiger partial charge in [-0.15, -0.1) is 16.4 Å². The number of nitrogens with one attached hydrogen (secondary N) is 1. The Morgan fingerprint density at radius 1 is 1.15 bits per heavy atom. The zero-order valence-electron chi connectivity index (χ0n) is 14.4. The van der Waals surface area contributed by atoms with Crippen molar-refractivity contribution in [3.63, 3.8) is 0 Å². The fraction of sp³-hybridized carbons (Fsp3) is 0.316. The molecule has 0 saturated carbocycles. The second-order valence-corrected chi connectivity index (χ2v) is 7.35. The van der Waals surface area contributed by atoms with E-state index >= 15 is 0 Å². The number of hydrogen-bond acceptors (Lipinski definition) is 5. The molecule has 2 aromatic heterocycles. The van der Waals surface area contributed by atoms with Crippen LogP contribution < -0.4 is 5.32 Å². The van der Waals surface area contributed by atoms with Crippen LogP contribution in [0.2, 0.25) is 0 Å². The van der Waals surface area contributed by atoms with Crippen LogP contribution in [0.3, 0.4) is 0 Å². The van der Waals surface area contributed by atoms with E-state index in [0.717, 1.165) is 18.8 Å². The second kappa shape index (κ2) is 7.80. The Morgan fingerprint density at radius 2 is 1.96 bits per heavy atom. The minimum Gasteiger partial charge on any atom is -0.349 e. The van der Waals surface area contributed by atoms with E-state index < -0.39 is 0 Å². The first-order chi connectivity index (χ1) is 12.8. The summed E-state index contributed by atoms with van der Waals surface area (Å²) < 4.78 is 1.62. The number of carbonyl (C=O) groups excluding carboxylic acids is 1. The number of thiophene rings is 1. The highest BCUT2D eigenvalue weighted by molar-refractivity contribution is 7.10. The largest absolute Gasteiger partial charge is 0.349 e. The quantitative estimate of drug-likeness (QED) is 0.728. The smallest absolute Gasteiger partial charge is 0.273 e. The van der Waals surface area contributed by atoms with Crippen molar-refractivity contribution in [2.45, 2.75) is 18.9 Å². The molecule has 26 heavy (non-hydrogen) atoms. The van der Waals surface area contributed by atoms with Crippen LogP contribution in [0, 0.1) is 0 Å². The molecule has 1 N–H and O–H groups in total. The summed E-state index contributed by atoms with van der Waals surface area (Å²) in [5.74, 6) is -0.187. The fourth-order valence-electron chi connectivity index (χ4n) is 3.30. The molecule has 3 aromatic rings. The van der Waals surface area contributed by atoms with Crippen molar-refractivity contribution < 1.29 is 4.79 Å². The molecular weight excluding hydrogens is 346 g/mol. The van der Waals surface area contributed by atoms with Gasteiger partial charge in [0.05, 0.1) is 17.9 Å². The summed E-state index contributed by atoms with van der Waals surface area (Å²) in [6, 6.07) is 14.1. The SMILES string of the molecule is O=C(NCC(c1cccs1)N1CCCC1)c1cn(-c2ccccc2)nn1. The molecule has 6 nitrogen and oxygen atoms in total. The highest BCUT2D eigenvalue weighted by Gasteiger charge is 2.25. The number of carbonyl (C=O) groups is 1. The van der Waals surface area contributed by atoms with E-state index in [1.807, 2.05) is 30.3 Å². The van der Waals surface area contributed by atoms with Gasteiger partial charge in [0.25, 0.3) is 5.91 Å². The molecule has 1 aromatic carbocycles. The number of rotatable bonds is 6. The Hall–Kier alpha value is -2.51. The molecule has 1 unspecified atom stereocenters. The van der Waals surface area contributed by atoms with Gasteiger partial charge in [-0.1, -0.05) is 29.5 Å². The molecule has 0 aliphatic carbocycles. The minimum atomic E-state index is -0.187. The highest BCUT2D eigenvalue weighted by atomic mass is 32.1. The first-order valence-corrected chi connectivity index (χ1v) is 9.72. The third kappa shape index (κ3) is 3.68. The second-order valence-electron chi connectivity index (χ2n) is 6.37. The van der Waals surface area contributed by atoms with Gasteiger partial charge in [-0.25, -0.2) is 4.68 Å². The molecule has 0 radical (unpaired) electrons. The molecule has 4 rings (SSSR count). The zero-order chi connectivity index (χ0) is 17.8. The Labute approximate surface area is 156 Å². The third-order valence-corrected chi connectivity index (χ3v) is 5.63. The Balaban J connectivity index is 1.43. The Morgan fingerprint density at radius 3 is 2.69 bits per heavy atom. The van der Waals surface area contributed by atoms with E-state index in [1.54, 1.807) is 22.2 Å². The average molecular weight is 367 g/mol. The Kier molecular flexibility index (Phi) is 5.08. The van der Waals surface area contributed by atoms with Gasteiger partial charge in [-0.05, 0) is 49.5 Å². The molecule has 0 bridgehead atoms. The van der Waals surface area contributed by atoms with Gasteiger partial charge in [-0.3, -0.25) is 9.69 Å². The van der Waals surface area contributed by atoms with Gasteiger partial charge in [0, 0.05) is 11.4 Å². The summed E-state index contributed by atoms with van der Waals surface area (Å²) in [5, 5.41) is 13.2. The molecule has 1 amide bonds. The summed E-state index contributed by atoms with van der Waals surface area (Å²) in [4.78, 5) is 16.3. The van der Waals surface area contributed by atoms with Crippen LogP contribution in [0.1, 0.15) is 34.2 Å². The lowest BCUT2D eigenvalue weighted by molar-refractivity contribution is 0.0933. The number of amides is 1. The van der Waals surface area contributed by atoms with Gasteiger partial charge in [0.1, 0.15) is 0 Å². The zero-order valence-corrected chi connectivity index (χ0v) is 15.2. The first kappa shape index (κ1) is 16.9. The summed E-state index contributed by atoms with van der Waals surface area (Å²) in [5.41, 5.74) is 1.22. The van der Waals surface area contributed by atoms with Crippen LogP contribution in [-0.4, -0.2) is 45.4 Å². The molecule has 134 valence electrons. The lowest BCUT2D eigenvalue weighted by atomic mass is 10.2. The summed E-state index contributed by atoms with van der Waals surface area (Å²) in [6.07, 6.45) is 4.11. The van der Waals surface area contributed by atoms with Gasteiger partial charge < -0.3 is 5.32 Å². The summed E-state index contributed by atoms with van der Waals surface area (Å²) >= 11 is 1.74. The summed E-state index contributed by atoms with van der Waals surface area (Å²) in [6.45, 7) is 2.75. The van der Waals surface area contributed by atoms with Crippen molar-refractivity contribution in [1.29, 1.82) is 0 Å². The van der Waals surface area contributed by atoms with E-state index in [0.29, 0.717) is 12.2 Å². The fourth-order valence-corrected chi connectivity index (χ4v) is 4.16. The van der Waals surface area contributed by atoms with Gasteiger partial charge >= 0.3 is 0 Å². The van der Waals surface area contributed by atoms with Gasteiger partial charge in [0.2, 0.25) is 0 Å². The molecule has 7 heteroatoms. The predicted octanol–water partition coefficient (Wildman–Crippen LogP) is 2.90. The normalized spacial score (nSPS) is 15.8. The van der Waals surface area contributed by atoms with Crippen molar-refractivity contribution in [3.05, 3.63) is 64.6 Å².